The van der Waals surface area contributed by atoms with Crippen LogP contribution in [0.15, 0.2) is 48.5 Å². The Balaban J connectivity index is 1.78. The van der Waals surface area contributed by atoms with Crippen molar-refractivity contribution in [1.29, 1.82) is 0 Å². The van der Waals surface area contributed by atoms with Crippen LogP contribution in [0.2, 0.25) is 0 Å². The van der Waals surface area contributed by atoms with Crippen LogP contribution >= 0.6 is 0 Å². The molecule has 3 rings (SSSR count). The van der Waals surface area contributed by atoms with E-state index in [1.165, 1.54) is 12.1 Å². The number of carbonyl (C=O) groups excluding carboxylic acids is 1. The Morgan fingerprint density at radius 3 is 2.57 bits per heavy atom. The smallest absolute Gasteiger partial charge is 0.343 e. The average Bonchev–Trinajstić information content (AvgIpc) is 3.10. The minimum atomic E-state index is -2.49. The summed E-state index contributed by atoms with van der Waals surface area (Å²) in [6.07, 6.45) is -0.313. The van der Waals surface area contributed by atoms with Crippen molar-refractivity contribution in [2.45, 2.75) is 18.6 Å². The topological polar surface area (TPSA) is 113 Å². The maximum atomic E-state index is 14.2. The molecule has 0 saturated carbocycles. The number of carbonyl (C=O) groups is 2. The summed E-state index contributed by atoms with van der Waals surface area (Å²) in [5.41, 5.74) is -1.59. The fraction of sp³-hybridized carbons (Fsp3) is 0.263. The number of rotatable bonds is 6. The highest BCUT2D eigenvalue weighted by Gasteiger charge is 2.47. The number of likely N-dealkylation sites (tertiary alicyclic amines) is 1. The summed E-state index contributed by atoms with van der Waals surface area (Å²) in [5, 5.41) is 23.3. The summed E-state index contributed by atoms with van der Waals surface area (Å²) in [5.74, 6) is -2.26. The van der Waals surface area contributed by atoms with Crippen molar-refractivity contribution in [3.8, 4) is 0 Å². The van der Waals surface area contributed by atoms with E-state index in [9.17, 15) is 24.1 Å². The van der Waals surface area contributed by atoms with Crippen molar-refractivity contribution < 1.29 is 24.0 Å². The quantitative estimate of drug-likeness (QED) is 0.582. The van der Waals surface area contributed by atoms with Gasteiger partial charge in [-0.25, -0.2) is 9.18 Å². The first-order chi connectivity index (χ1) is 13.3. The largest absolute Gasteiger partial charge is 0.479 e. The van der Waals surface area contributed by atoms with Crippen LogP contribution in [-0.4, -0.2) is 45.6 Å². The SMILES string of the molecule is O=C(c1ccc(NCc2ccccc2)c([N+](=O)[O-])c1)N1CCC(F)(C(=O)O)C1. The lowest BCUT2D eigenvalue weighted by atomic mass is 10.1. The summed E-state index contributed by atoms with van der Waals surface area (Å²) in [6.45, 7) is -0.281. The first-order valence-corrected chi connectivity index (χ1v) is 8.58. The second-order valence-corrected chi connectivity index (χ2v) is 6.58. The molecule has 8 nitrogen and oxygen atoms in total. The Morgan fingerprint density at radius 1 is 1.25 bits per heavy atom. The third kappa shape index (κ3) is 3.93. The first-order valence-electron chi connectivity index (χ1n) is 8.58. The van der Waals surface area contributed by atoms with Crippen molar-refractivity contribution in [2.24, 2.45) is 0 Å². The number of amides is 1. The molecule has 1 amide bonds. The second-order valence-electron chi connectivity index (χ2n) is 6.58. The summed E-state index contributed by atoms with van der Waals surface area (Å²) in [7, 11) is 0. The predicted octanol–water partition coefficient (Wildman–Crippen LogP) is 2.85. The molecule has 0 aliphatic carbocycles. The Labute approximate surface area is 159 Å². The van der Waals surface area contributed by atoms with Crippen LogP contribution in [0.3, 0.4) is 0 Å². The van der Waals surface area contributed by atoms with Gasteiger partial charge in [-0.3, -0.25) is 14.9 Å². The molecule has 2 aromatic carbocycles. The van der Waals surface area contributed by atoms with Crippen LogP contribution in [0.25, 0.3) is 0 Å². The highest BCUT2D eigenvalue weighted by molar-refractivity contribution is 5.96. The Morgan fingerprint density at radius 2 is 1.96 bits per heavy atom. The maximum Gasteiger partial charge on any atom is 0.343 e. The lowest BCUT2D eigenvalue weighted by Gasteiger charge is -2.18. The molecular weight excluding hydrogens is 369 g/mol. The lowest BCUT2D eigenvalue weighted by Crippen LogP contribution is -2.38. The van der Waals surface area contributed by atoms with Crippen LogP contribution in [0.5, 0.6) is 0 Å². The van der Waals surface area contributed by atoms with Gasteiger partial charge in [-0.05, 0) is 17.7 Å². The number of aliphatic carboxylic acids is 1. The van der Waals surface area contributed by atoms with Crippen LogP contribution in [0, 0.1) is 10.1 Å². The molecule has 1 saturated heterocycles. The van der Waals surface area contributed by atoms with E-state index >= 15 is 0 Å². The van der Waals surface area contributed by atoms with Gasteiger partial charge in [0.15, 0.2) is 0 Å². The number of hydrogen-bond donors (Lipinski definition) is 2. The van der Waals surface area contributed by atoms with Crippen molar-refractivity contribution in [1.82, 2.24) is 4.90 Å². The zero-order chi connectivity index (χ0) is 20.3. The van der Waals surface area contributed by atoms with E-state index in [1.807, 2.05) is 30.3 Å². The highest BCUT2D eigenvalue weighted by Crippen LogP contribution is 2.30. The van der Waals surface area contributed by atoms with Gasteiger partial charge < -0.3 is 15.3 Å². The second kappa shape index (κ2) is 7.63. The lowest BCUT2D eigenvalue weighted by molar-refractivity contribution is -0.384. The number of carboxylic acids is 1. The number of carboxylic acid groups (broad SMARTS) is 1. The third-order valence-electron chi connectivity index (χ3n) is 4.66. The molecule has 9 heteroatoms. The van der Waals surface area contributed by atoms with Gasteiger partial charge in [0.2, 0.25) is 5.67 Å². The summed E-state index contributed by atoms with van der Waals surface area (Å²) in [4.78, 5) is 35.4. The third-order valence-corrected chi connectivity index (χ3v) is 4.66. The van der Waals surface area contributed by atoms with E-state index in [0.29, 0.717) is 6.54 Å². The van der Waals surface area contributed by atoms with Crippen molar-refractivity contribution >= 4 is 23.3 Å². The van der Waals surface area contributed by atoms with E-state index < -0.39 is 29.0 Å². The molecule has 2 N–H and O–H groups in total. The van der Waals surface area contributed by atoms with Gasteiger partial charge in [-0.2, -0.15) is 0 Å². The van der Waals surface area contributed by atoms with Crippen LogP contribution in [0.4, 0.5) is 15.8 Å². The molecule has 1 unspecified atom stereocenters. The number of nitrogens with zero attached hydrogens (tertiary/aromatic N) is 2. The molecule has 146 valence electrons. The minimum Gasteiger partial charge on any atom is -0.479 e. The van der Waals surface area contributed by atoms with Crippen molar-refractivity contribution in [3.63, 3.8) is 0 Å². The number of benzene rings is 2. The molecule has 0 spiro atoms. The molecule has 1 atom stereocenters. The highest BCUT2D eigenvalue weighted by atomic mass is 19.1. The molecule has 1 aliphatic heterocycles. The fourth-order valence-corrected chi connectivity index (χ4v) is 3.06. The Hall–Kier alpha value is -3.49. The molecule has 28 heavy (non-hydrogen) atoms. The minimum absolute atomic E-state index is 0.00611. The summed E-state index contributed by atoms with van der Waals surface area (Å²) in [6, 6.07) is 13.3. The number of halogens is 1. The van der Waals surface area contributed by atoms with Gasteiger partial charge in [0.05, 0.1) is 11.5 Å². The molecule has 0 radical (unpaired) electrons. The monoisotopic (exact) mass is 387 g/mol. The number of hydrogen-bond acceptors (Lipinski definition) is 5. The summed E-state index contributed by atoms with van der Waals surface area (Å²) >= 11 is 0. The van der Waals surface area contributed by atoms with E-state index in [2.05, 4.69) is 5.32 Å². The van der Waals surface area contributed by atoms with Gasteiger partial charge in [0, 0.05) is 31.1 Å². The number of alkyl halides is 1. The zero-order valence-corrected chi connectivity index (χ0v) is 14.8. The summed E-state index contributed by atoms with van der Waals surface area (Å²) < 4.78 is 14.2. The molecule has 1 heterocycles. The Bertz CT molecular complexity index is 921. The number of nitro groups is 1. The van der Waals surface area contributed by atoms with Crippen molar-refractivity contribution in [2.75, 3.05) is 18.4 Å². The van der Waals surface area contributed by atoms with Gasteiger partial charge >= 0.3 is 5.97 Å². The molecular formula is C19H18FN3O5. The van der Waals surface area contributed by atoms with Crippen LogP contribution < -0.4 is 5.32 Å². The Kier molecular flexibility index (Phi) is 5.25. The normalized spacial score (nSPS) is 18.7. The number of nitrogens with one attached hydrogen (secondary N) is 1. The maximum absolute atomic E-state index is 14.2. The predicted molar refractivity (Wildman–Crippen MR) is 98.9 cm³/mol. The number of anilines is 1. The number of nitro benzene ring substituents is 1. The van der Waals surface area contributed by atoms with Gasteiger partial charge in [-0.1, -0.05) is 30.3 Å². The van der Waals surface area contributed by atoms with Gasteiger partial charge in [0.25, 0.3) is 11.6 Å². The van der Waals surface area contributed by atoms with Gasteiger partial charge in [0.1, 0.15) is 5.69 Å². The van der Waals surface area contributed by atoms with E-state index in [0.717, 1.165) is 16.5 Å². The van der Waals surface area contributed by atoms with Crippen LogP contribution in [0.1, 0.15) is 22.3 Å². The standard InChI is InChI=1S/C19H18FN3O5/c20-19(18(25)26)8-9-22(12-19)17(24)14-6-7-15(16(10-14)23(27)28)21-11-13-4-2-1-3-5-13/h1-7,10,21H,8-9,11-12H2,(H,25,26). The molecule has 1 aliphatic rings. The molecule has 0 bridgehead atoms. The van der Waals surface area contributed by atoms with Crippen molar-refractivity contribution in [3.05, 3.63) is 69.8 Å². The first kappa shape index (κ1) is 19.3. The zero-order valence-electron chi connectivity index (χ0n) is 14.8. The van der Waals surface area contributed by atoms with E-state index in [-0.39, 0.29) is 29.9 Å². The fourth-order valence-electron chi connectivity index (χ4n) is 3.06. The molecule has 1 fully saturated rings. The molecule has 2 aromatic rings. The van der Waals surface area contributed by atoms with Crippen LogP contribution in [-0.2, 0) is 11.3 Å². The van der Waals surface area contributed by atoms with Gasteiger partial charge in [-0.15, -0.1) is 0 Å². The molecule has 0 aromatic heterocycles. The van der Waals surface area contributed by atoms with E-state index in [1.54, 1.807) is 0 Å². The average molecular weight is 387 g/mol. The van der Waals surface area contributed by atoms with E-state index in [4.69, 9.17) is 5.11 Å².